The Kier molecular flexibility index (Phi) is 2.28. The molecular formula is C13H14N2O2S. The smallest absolute Gasteiger partial charge is 0.180 e. The highest BCUT2D eigenvalue weighted by molar-refractivity contribution is 7.16. The zero-order chi connectivity index (χ0) is 12.9. The number of hydrogen-bond donors (Lipinski definition) is 1. The van der Waals surface area contributed by atoms with Gasteiger partial charge >= 0.3 is 0 Å². The summed E-state index contributed by atoms with van der Waals surface area (Å²) in [6.45, 7) is 4.05. The number of benzene rings is 1. The van der Waals surface area contributed by atoms with Crippen molar-refractivity contribution in [1.82, 2.24) is 4.98 Å². The van der Waals surface area contributed by atoms with Crippen molar-refractivity contribution in [3.05, 3.63) is 23.1 Å². The van der Waals surface area contributed by atoms with E-state index in [4.69, 9.17) is 15.2 Å². The zero-order valence-electron chi connectivity index (χ0n) is 10.5. The molecule has 2 N–H and O–H groups in total. The summed E-state index contributed by atoms with van der Waals surface area (Å²) in [4.78, 5) is 5.48. The second-order valence-corrected chi connectivity index (χ2v) is 5.73. The second kappa shape index (κ2) is 3.62. The van der Waals surface area contributed by atoms with Crippen molar-refractivity contribution in [3.8, 4) is 22.8 Å². The summed E-state index contributed by atoms with van der Waals surface area (Å²) in [5, 5.41) is 0.562. The molecule has 0 bridgehead atoms. The van der Waals surface area contributed by atoms with Crippen LogP contribution in [-0.2, 0) is 5.60 Å². The fourth-order valence-electron chi connectivity index (χ4n) is 2.16. The minimum atomic E-state index is -0.397. The topological polar surface area (TPSA) is 57.4 Å². The van der Waals surface area contributed by atoms with Gasteiger partial charge in [0.1, 0.15) is 17.1 Å². The van der Waals surface area contributed by atoms with Gasteiger partial charge in [0.2, 0.25) is 0 Å². The van der Waals surface area contributed by atoms with E-state index in [0.717, 1.165) is 27.6 Å². The lowest BCUT2D eigenvalue weighted by Crippen LogP contribution is -2.27. The number of methoxy groups -OCH3 is 1. The molecule has 0 amide bonds. The van der Waals surface area contributed by atoms with E-state index in [1.54, 1.807) is 7.11 Å². The maximum absolute atomic E-state index is 6.02. The number of nitrogens with two attached hydrogens (primary N) is 1. The molecule has 0 atom stereocenters. The molecule has 5 heteroatoms. The molecular weight excluding hydrogens is 248 g/mol. The highest BCUT2D eigenvalue weighted by Gasteiger charge is 2.36. The lowest BCUT2D eigenvalue weighted by Gasteiger charge is -2.31. The molecule has 3 rings (SSSR count). The molecule has 0 radical (unpaired) electrons. The van der Waals surface area contributed by atoms with Crippen molar-refractivity contribution in [2.75, 3.05) is 12.8 Å². The summed E-state index contributed by atoms with van der Waals surface area (Å²) in [6.07, 6.45) is 0. The molecule has 94 valence electrons. The number of thiazole rings is 1. The molecule has 2 heterocycles. The van der Waals surface area contributed by atoms with Gasteiger partial charge in [-0.25, -0.2) is 4.98 Å². The lowest BCUT2D eigenvalue weighted by atomic mass is 9.97. The quantitative estimate of drug-likeness (QED) is 0.858. The first-order valence-corrected chi connectivity index (χ1v) is 6.47. The molecule has 0 aliphatic carbocycles. The van der Waals surface area contributed by atoms with Gasteiger partial charge in [0.15, 0.2) is 5.13 Å². The van der Waals surface area contributed by atoms with Crippen molar-refractivity contribution in [2.24, 2.45) is 0 Å². The van der Waals surface area contributed by atoms with Crippen molar-refractivity contribution in [1.29, 1.82) is 0 Å². The van der Waals surface area contributed by atoms with Crippen LogP contribution in [0.3, 0.4) is 0 Å². The predicted octanol–water partition coefficient (Wildman–Crippen LogP) is 3.03. The van der Waals surface area contributed by atoms with Crippen LogP contribution in [0.1, 0.15) is 18.7 Å². The maximum Gasteiger partial charge on any atom is 0.180 e. The van der Waals surface area contributed by atoms with Gasteiger partial charge in [-0.1, -0.05) is 11.3 Å². The Bertz CT molecular complexity index is 619. The Morgan fingerprint density at radius 3 is 2.89 bits per heavy atom. The Hall–Kier alpha value is -1.75. The van der Waals surface area contributed by atoms with E-state index in [0.29, 0.717) is 5.13 Å². The minimum absolute atomic E-state index is 0.397. The molecule has 0 saturated carbocycles. The highest BCUT2D eigenvalue weighted by atomic mass is 32.1. The van der Waals surface area contributed by atoms with Crippen LogP contribution in [0.5, 0.6) is 11.5 Å². The third-order valence-electron chi connectivity index (χ3n) is 3.00. The lowest BCUT2D eigenvalue weighted by molar-refractivity contribution is 0.109. The number of ether oxygens (including phenoxy) is 2. The second-order valence-electron chi connectivity index (χ2n) is 4.70. The molecule has 0 unspecified atom stereocenters. The SMILES string of the molecule is COc1ccc2c(c1)-c1nc(N)sc1C(C)(C)O2. The number of nitrogens with zero attached hydrogens (tertiary/aromatic N) is 1. The summed E-state index contributed by atoms with van der Waals surface area (Å²) in [5.74, 6) is 1.60. The predicted molar refractivity (Wildman–Crippen MR) is 72.2 cm³/mol. The maximum atomic E-state index is 6.02. The molecule has 4 nitrogen and oxygen atoms in total. The molecule has 1 aromatic heterocycles. The highest BCUT2D eigenvalue weighted by Crippen LogP contribution is 2.48. The van der Waals surface area contributed by atoms with Gasteiger partial charge in [-0.3, -0.25) is 0 Å². The van der Waals surface area contributed by atoms with E-state index in [2.05, 4.69) is 4.98 Å². The van der Waals surface area contributed by atoms with Crippen LogP contribution in [0.4, 0.5) is 5.13 Å². The summed E-state index contributed by atoms with van der Waals surface area (Å²) < 4.78 is 11.3. The Morgan fingerprint density at radius 2 is 2.17 bits per heavy atom. The molecule has 2 aromatic rings. The van der Waals surface area contributed by atoms with Crippen LogP contribution >= 0.6 is 11.3 Å². The molecule has 1 aliphatic rings. The summed E-state index contributed by atoms with van der Waals surface area (Å²) >= 11 is 1.48. The number of anilines is 1. The molecule has 0 spiro atoms. The van der Waals surface area contributed by atoms with Gasteiger partial charge in [-0.05, 0) is 32.0 Å². The average Bonchev–Trinajstić information content (AvgIpc) is 2.72. The van der Waals surface area contributed by atoms with Gasteiger partial charge < -0.3 is 15.2 Å². The van der Waals surface area contributed by atoms with Crippen LogP contribution in [0.15, 0.2) is 18.2 Å². The summed E-state index contributed by atoms with van der Waals surface area (Å²) in [7, 11) is 1.64. The Labute approximate surface area is 109 Å². The van der Waals surface area contributed by atoms with Crippen molar-refractivity contribution >= 4 is 16.5 Å². The number of aromatic nitrogens is 1. The van der Waals surface area contributed by atoms with E-state index in [1.165, 1.54) is 11.3 Å². The first kappa shape index (κ1) is 11.3. The first-order chi connectivity index (χ1) is 8.51. The molecule has 0 saturated heterocycles. The van der Waals surface area contributed by atoms with Gasteiger partial charge in [-0.2, -0.15) is 0 Å². The van der Waals surface area contributed by atoms with E-state index < -0.39 is 5.60 Å². The number of fused-ring (bicyclic) bond motifs is 3. The summed E-state index contributed by atoms with van der Waals surface area (Å²) in [5.41, 5.74) is 7.28. The normalized spacial score (nSPS) is 15.5. The zero-order valence-corrected chi connectivity index (χ0v) is 11.3. The van der Waals surface area contributed by atoms with E-state index in [9.17, 15) is 0 Å². The van der Waals surface area contributed by atoms with Crippen LogP contribution in [0.25, 0.3) is 11.3 Å². The number of nitrogen functional groups attached to an aromatic ring is 1. The molecule has 1 aromatic carbocycles. The van der Waals surface area contributed by atoms with Crippen LogP contribution < -0.4 is 15.2 Å². The van der Waals surface area contributed by atoms with Gasteiger partial charge in [0.05, 0.1) is 17.7 Å². The minimum Gasteiger partial charge on any atom is -0.497 e. The fraction of sp³-hybridized carbons (Fsp3) is 0.308. The van der Waals surface area contributed by atoms with Gasteiger partial charge in [-0.15, -0.1) is 0 Å². The van der Waals surface area contributed by atoms with Crippen molar-refractivity contribution in [3.63, 3.8) is 0 Å². The average molecular weight is 262 g/mol. The van der Waals surface area contributed by atoms with Crippen molar-refractivity contribution < 1.29 is 9.47 Å². The van der Waals surface area contributed by atoms with E-state index in [-0.39, 0.29) is 0 Å². The summed E-state index contributed by atoms with van der Waals surface area (Å²) in [6, 6.07) is 5.73. The standard InChI is InChI=1S/C13H14N2O2S/c1-13(2)11-10(15-12(14)18-11)8-6-7(16-3)4-5-9(8)17-13/h4-6H,1-3H3,(H2,14,15). The third kappa shape index (κ3) is 1.54. The van der Waals surface area contributed by atoms with Crippen LogP contribution in [0, 0.1) is 0 Å². The molecule has 1 aliphatic heterocycles. The van der Waals surface area contributed by atoms with Crippen molar-refractivity contribution in [2.45, 2.75) is 19.4 Å². The fourth-order valence-corrected chi connectivity index (χ4v) is 3.04. The third-order valence-corrected chi connectivity index (χ3v) is 4.19. The van der Waals surface area contributed by atoms with Gasteiger partial charge in [0.25, 0.3) is 0 Å². The molecule has 0 fully saturated rings. The monoisotopic (exact) mass is 262 g/mol. The number of hydrogen-bond acceptors (Lipinski definition) is 5. The van der Waals surface area contributed by atoms with E-state index in [1.807, 2.05) is 32.0 Å². The first-order valence-electron chi connectivity index (χ1n) is 5.65. The van der Waals surface area contributed by atoms with E-state index >= 15 is 0 Å². The largest absolute Gasteiger partial charge is 0.497 e. The molecule has 18 heavy (non-hydrogen) atoms. The Morgan fingerprint density at radius 1 is 1.39 bits per heavy atom. The van der Waals surface area contributed by atoms with Crippen LogP contribution in [-0.4, -0.2) is 12.1 Å². The Balaban J connectivity index is 2.26. The number of rotatable bonds is 1. The van der Waals surface area contributed by atoms with Gasteiger partial charge in [0, 0.05) is 5.56 Å². The van der Waals surface area contributed by atoms with Crippen LogP contribution in [0.2, 0.25) is 0 Å².